The molecule has 5 N–H and O–H groups in total. The van der Waals surface area contributed by atoms with E-state index in [1.807, 2.05) is 86.4 Å². The van der Waals surface area contributed by atoms with Crippen molar-refractivity contribution in [3.63, 3.8) is 0 Å². The standard InChI is InChI=1S/C60H93N7O13S/c1-14-49-60(10,73)53(69)40(6)66(12)32-36(2)30-58(8,72)55(38(4)52(39(5)56(71)78-49)79-50-31-59(9,74-13)54(70)41(7)77-50)80-57-51(68)48(29-37(3)76-57)65(11)28-27-44-33-67(63-61-44)45(22-18-21-42-19-16-15-17-20-42)34-75-46-25-23-43(24-26-46)47-35-81-64-62-47/h15-17,19-20,23-26,33,35-41,45,48-55,57,68-70,72-73H,14,18,21-22,27-32,34H2,1-13H3/t36-,37-,38+,39-,40-,41+,45-,48+,49-,50+,51-,52+,53-,54+,55-,57+,58-,59-,60-/m1/s1. The van der Waals surface area contributed by atoms with Crippen LogP contribution in [0.3, 0.4) is 0 Å². The monoisotopic (exact) mass is 1150 g/mol. The number of nitrogens with zero attached hydrogens (tertiary/aromatic N) is 7. The summed E-state index contributed by atoms with van der Waals surface area (Å²) in [5.41, 5.74) is -0.718. The largest absolute Gasteiger partial charge is 0.491 e. The van der Waals surface area contributed by atoms with Crippen molar-refractivity contribution in [1.82, 2.24) is 34.4 Å². The molecular weight excluding hydrogens is 1060 g/mol. The van der Waals surface area contributed by atoms with Crippen LogP contribution in [0.1, 0.15) is 125 Å². The van der Waals surface area contributed by atoms with E-state index in [0.717, 1.165) is 42.0 Å². The van der Waals surface area contributed by atoms with Crippen molar-refractivity contribution >= 4 is 17.5 Å². The molecule has 7 rings (SSSR count). The summed E-state index contributed by atoms with van der Waals surface area (Å²) >= 11 is 1.31. The molecule has 0 unspecified atom stereocenters. The van der Waals surface area contributed by atoms with Crippen molar-refractivity contribution in [2.45, 2.75) is 217 Å². The predicted octanol–water partition coefficient (Wildman–Crippen LogP) is 6.27. The molecule has 19 atom stereocenters. The molecule has 0 bridgehead atoms. The molecule has 81 heavy (non-hydrogen) atoms. The summed E-state index contributed by atoms with van der Waals surface area (Å²) in [5, 5.41) is 75.5. The number of benzene rings is 2. The Morgan fingerprint density at radius 1 is 0.914 bits per heavy atom. The number of carbonyl (C=O) groups is 1. The lowest BCUT2D eigenvalue weighted by molar-refractivity contribution is -0.318. The number of methoxy groups -OCH3 is 1. The third-order valence-corrected chi connectivity index (χ3v) is 18.1. The quantitative estimate of drug-likeness (QED) is 0.0650. The van der Waals surface area contributed by atoms with Crippen molar-refractivity contribution in [3.8, 4) is 17.0 Å². The molecule has 0 radical (unpaired) electrons. The molecule has 21 heteroatoms. The van der Waals surface area contributed by atoms with Crippen LogP contribution in [0.2, 0.25) is 0 Å². The van der Waals surface area contributed by atoms with E-state index in [1.54, 1.807) is 41.5 Å². The van der Waals surface area contributed by atoms with Gasteiger partial charge in [-0.05, 0) is 148 Å². The van der Waals surface area contributed by atoms with Gasteiger partial charge in [0.25, 0.3) is 0 Å². The van der Waals surface area contributed by atoms with Crippen LogP contribution in [0.5, 0.6) is 5.75 Å². The lowest BCUT2D eigenvalue weighted by atomic mass is 9.77. The zero-order chi connectivity index (χ0) is 59.0. The molecule has 3 aliphatic rings. The average molecular weight is 1150 g/mol. The molecule has 3 saturated heterocycles. The Hall–Kier alpha value is -4.07. The van der Waals surface area contributed by atoms with Gasteiger partial charge >= 0.3 is 5.97 Å². The summed E-state index contributed by atoms with van der Waals surface area (Å²) in [4.78, 5) is 18.6. The van der Waals surface area contributed by atoms with E-state index in [4.69, 9.17) is 33.2 Å². The van der Waals surface area contributed by atoms with Gasteiger partial charge in [0.2, 0.25) is 0 Å². The molecule has 3 aliphatic heterocycles. The Balaban J connectivity index is 1.11. The fourth-order valence-electron chi connectivity index (χ4n) is 12.4. The minimum atomic E-state index is -1.84. The zero-order valence-corrected chi connectivity index (χ0v) is 50.7. The fraction of sp³-hybridized carbons (Fsp3) is 0.717. The highest BCUT2D eigenvalue weighted by atomic mass is 32.1. The van der Waals surface area contributed by atoms with Gasteiger partial charge in [-0.1, -0.05) is 60.8 Å². The second-order valence-corrected chi connectivity index (χ2v) is 24.9. The number of aliphatic hydroxyl groups is 5. The lowest BCUT2D eigenvalue weighted by Gasteiger charge is -2.49. The third kappa shape index (κ3) is 16.0. The van der Waals surface area contributed by atoms with Gasteiger partial charge in [0.15, 0.2) is 12.6 Å². The molecule has 452 valence electrons. The second-order valence-electron chi connectivity index (χ2n) is 24.3. The van der Waals surface area contributed by atoms with Gasteiger partial charge in [-0.3, -0.25) is 4.79 Å². The Morgan fingerprint density at radius 3 is 2.30 bits per heavy atom. The maximum atomic E-state index is 14.6. The van der Waals surface area contributed by atoms with Crippen LogP contribution >= 0.6 is 11.5 Å². The summed E-state index contributed by atoms with van der Waals surface area (Å²) in [5.74, 6) is -2.07. The molecule has 4 aromatic rings. The summed E-state index contributed by atoms with van der Waals surface area (Å²) < 4.78 is 50.9. The van der Waals surface area contributed by atoms with Crippen molar-refractivity contribution in [2.24, 2.45) is 17.8 Å². The number of aliphatic hydroxyl groups excluding tert-OH is 3. The molecule has 0 spiro atoms. The highest BCUT2D eigenvalue weighted by Gasteiger charge is 2.53. The van der Waals surface area contributed by atoms with Crippen LogP contribution in [0.4, 0.5) is 0 Å². The van der Waals surface area contributed by atoms with Crippen LogP contribution in [0.25, 0.3) is 11.3 Å². The third-order valence-electron chi connectivity index (χ3n) is 17.6. The first-order chi connectivity index (χ1) is 38.3. The topological polar surface area (TPSA) is 246 Å². The Labute approximate surface area is 483 Å². The predicted molar refractivity (Wildman–Crippen MR) is 306 cm³/mol. The van der Waals surface area contributed by atoms with Crippen LogP contribution in [0, 0.1) is 17.8 Å². The van der Waals surface area contributed by atoms with E-state index in [0.29, 0.717) is 32.5 Å². The van der Waals surface area contributed by atoms with Gasteiger partial charge in [-0.2, -0.15) is 0 Å². The average Bonchev–Trinajstić information content (AvgIpc) is 4.18. The SMILES string of the molecule is CC[C@H]1OC(=O)[C@H](C)[C@@H](O[C@H]2C[C@@](C)(OC)[C@@H](O)[C@H](C)O2)[C@H](C)[C@@H](O[C@@H]2O[C@H](C)C[C@H](N(C)CCc3cn([C@H](CCCc4ccccc4)COc4ccc(-c5csnn5)cc4)nn3)[C@H]2O)[C@](C)(O)C[C@@H](C)CN(C)[C@H](C)[C@@H](O)[C@]1(C)O. The number of ether oxygens (including phenoxy) is 7. The van der Waals surface area contributed by atoms with E-state index in [9.17, 15) is 30.3 Å². The number of hydrogen-bond acceptors (Lipinski definition) is 20. The number of aromatic nitrogens is 5. The van der Waals surface area contributed by atoms with Gasteiger partial charge in [-0.25, -0.2) is 4.68 Å². The van der Waals surface area contributed by atoms with Crippen molar-refractivity contribution in [3.05, 3.63) is 77.4 Å². The Kier molecular flexibility index (Phi) is 22.5. The smallest absolute Gasteiger partial charge is 0.311 e. The number of hydrogen-bond donors (Lipinski definition) is 5. The maximum Gasteiger partial charge on any atom is 0.311 e. The molecule has 2 aromatic heterocycles. The van der Waals surface area contributed by atoms with Gasteiger partial charge < -0.3 is 68.5 Å². The van der Waals surface area contributed by atoms with Gasteiger partial charge in [0.05, 0.1) is 53.3 Å². The van der Waals surface area contributed by atoms with Crippen LogP contribution < -0.4 is 4.74 Å². The highest BCUT2D eigenvalue weighted by Crippen LogP contribution is 2.40. The minimum Gasteiger partial charge on any atom is -0.491 e. The lowest BCUT2D eigenvalue weighted by Crippen LogP contribution is -2.61. The van der Waals surface area contributed by atoms with E-state index in [2.05, 4.69) is 49.1 Å². The normalized spacial score (nSPS) is 36.4. The second kappa shape index (κ2) is 28.2. The number of aryl methyl sites for hydroxylation is 1. The minimum absolute atomic E-state index is 0.0965. The molecule has 0 aliphatic carbocycles. The first-order valence-electron chi connectivity index (χ1n) is 29.1. The van der Waals surface area contributed by atoms with Crippen molar-refractivity contribution in [1.29, 1.82) is 0 Å². The number of cyclic esters (lactones) is 1. The Morgan fingerprint density at radius 2 is 1.63 bits per heavy atom. The van der Waals surface area contributed by atoms with E-state index < -0.39 is 102 Å². The molecular formula is C60H93N7O13S. The van der Waals surface area contributed by atoms with Crippen molar-refractivity contribution < 1.29 is 63.5 Å². The number of esters is 1. The molecule has 3 fully saturated rings. The maximum absolute atomic E-state index is 14.6. The molecule has 0 amide bonds. The number of likely N-dealkylation sites (N-methyl/N-ethyl adjacent to an activating group) is 2. The number of rotatable bonds is 19. The summed E-state index contributed by atoms with van der Waals surface area (Å²) in [6, 6.07) is 17.1. The molecule has 5 heterocycles. The zero-order valence-electron chi connectivity index (χ0n) is 49.9. The first kappa shape index (κ1) is 64.5. The molecule has 0 saturated carbocycles. The van der Waals surface area contributed by atoms with Crippen LogP contribution in [0.15, 0.2) is 66.2 Å². The molecule has 2 aromatic carbocycles. The van der Waals surface area contributed by atoms with E-state index in [-0.39, 0.29) is 37.3 Å². The van der Waals surface area contributed by atoms with Gasteiger partial charge in [0.1, 0.15) is 48.1 Å². The Bertz CT molecular complexity index is 2530. The van der Waals surface area contributed by atoms with Crippen molar-refractivity contribution in [2.75, 3.05) is 40.9 Å². The van der Waals surface area contributed by atoms with E-state index >= 15 is 0 Å². The summed E-state index contributed by atoms with van der Waals surface area (Å²) in [6.45, 7) is 19.0. The molecule has 20 nitrogen and oxygen atoms in total. The number of carbonyl (C=O) groups excluding carboxylic acids is 1. The van der Waals surface area contributed by atoms with Gasteiger partial charge in [-0.15, -0.1) is 10.2 Å². The highest BCUT2D eigenvalue weighted by molar-refractivity contribution is 7.03. The van der Waals surface area contributed by atoms with E-state index in [1.165, 1.54) is 31.1 Å². The first-order valence-corrected chi connectivity index (χ1v) is 29.9. The summed E-state index contributed by atoms with van der Waals surface area (Å²) in [7, 11) is 5.31. The van der Waals surface area contributed by atoms with Crippen LogP contribution in [-0.4, -0.2) is 197 Å². The fourth-order valence-corrected chi connectivity index (χ4v) is 12.9. The summed E-state index contributed by atoms with van der Waals surface area (Å²) in [6.07, 6.45) is -4.02. The van der Waals surface area contributed by atoms with Gasteiger partial charge in [0, 0.05) is 68.2 Å². The van der Waals surface area contributed by atoms with Crippen LogP contribution in [-0.2, 0) is 46.1 Å².